The van der Waals surface area contributed by atoms with E-state index in [4.69, 9.17) is 4.74 Å². The van der Waals surface area contributed by atoms with Crippen LogP contribution in [0.2, 0.25) is 0 Å². The van der Waals surface area contributed by atoms with E-state index >= 15 is 0 Å². The topological polar surface area (TPSA) is 70.6 Å². The predicted molar refractivity (Wildman–Crippen MR) is 94.2 cm³/mol. The van der Waals surface area contributed by atoms with E-state index in [1.165, 1.54) is 12.8 Å². The molecular formula is C18H27N5O2. The standard InChI is InChI=1S/C18H27N5O2/c1-13-8-17(20-12-19-13)21-16-10-22(9-15(16)14-2-3-14)11-18(24)23-4-6-25-7-5-23/h8,12,14-16H,2-7,9-11H2,1H3,(H,19,20,21)/t15-,16+/m1/s1. The quantitative estimate of drug-likeness (QED) is 0.850. The van der Waals surface area contributed by atoms with Gasteiger partial charge >= 0.3 is 0 Å². The van der Waals surface area contributed by atoms with E-state index < -0.39 is 0 Å². The van der Waals surface area contributed by atoms with Gasteiger partial charge in [0.25, 0.3) is 0 Å². The molecule has 1 N–H and O–H groups in total. The first-order valence-corrected chi connectivity index (χ1v) is 9.32. The number of nitrogens with one attached hydrogen (secondary N) is 1. The first kappa shape index (κ1) is 16.7. The summed E-state index contributed by atoms with van der Waals surface area (Å²) in [6, 6.07) is 2.35. The Labute approximate surface area is 148 Å². The summed E-state index contributed by atoms with van der Waals surface area (Å²) in [5, 5.41) is 3.60. The molecule has 2 atom stereocenters. The molecule has 136 valence electrons. The lowest BCUT2D eigenvalue weighted by Crippen LogP contribution is -2.45. The number of hydrogen-bond acceptors (Lipinski definition) is 6. The number of likely N-dealkylation sites (tertiary alicyclic amines) is 1. The number of rotatable bonds is 5. The number of aromatic nitrogens is 2. The van der Waals surface area contributed by atoms with Crippen molar-refractivity contribution in [2.45, 2.75) is 25.8 Å². The first-order valence-electron chi connectivity index (χ1n) is 9.32. The molecule has 2 saturated heterocycles. The predicted octanol–water partition coefficient (Wildman–Crippen LogP) is 0.766. The van der Waals surface area contributed by atoms with Crippen molar-refractivity contribution in [2.24, 2.45) is 11.8 Å². The SMILES string of the molecule is Cc1cc(N[C@H]2CN(CC(=O)N3CCOCC3)C[C@@H]2C2CC2)ncn1. The van der Waals surface area contributed by atoms with Gasteiger partial charge in [0, 0.05) is 44.0 Å². The molecule has 1 aromatic heterocycles. The van der Waals surface area contributed by atoms with Crippen LogP contribution in [0.4, 0.5) is 5.82 Å². The van der Waals surface area contributed by atoms with Crippen LogP contribution < -0.4 is 5.32 Å². The Hall–Kier alpha value is -1.73. The lowest BCUT2D eigenvalue weighted by atomic mass is 9.98. The fraction of sp³-hybridized carbons (Fsp3) is 0.722. The Morgan fingerprint density at radius 1 is 1.28 bits per heavy atom. The molecule has 0 aromatic carbocycles. The van der Waals surface area contributed by atoms with Crippen LogP contribution in [0.25, 0.3) is 0 Å². The van der Waals surface area contributed by atoms with Gasteiger partial charge in [-0.15, -0.1) is 0 Å². The molecule has 1 aliphatic carbocycles. The molecule has 4 rings (SSSR count). The van der Waals surface area contributed by atoms with E-state index in [9.17, 15) is 4.79 Å². The minimum atomic E-state index is 0.233. The van der Waals surface area contributed by atoms with Gasteiger partial charge in [-0.05, 0) is 31.6 Å². The molecule has 0 bridgehead atoms. The van der Waals surface area contributed by atoms with E-state index in [2.05, 4.69) is 20.2 Å². The number of nitrogens with zero attached hydrogens (tertiary/aromatic N) is 4. The molecule has 3 aliphatic rings. The highest BCUT2D eigenvalue weighted by Gasteiger charge is 2.43. The lowest BCUT2D eigenvalue weighted by molar-refractivity contribution is -0.136. The van der Waals surface area contributed by atoms with Gasteiger partial charge in [-0.3, -0.25) is 9.69 Å². The Morgan fingerprint density at radius 3 is 2.80 bits per heavy atom. The van der Waals surface area contributed by atoms with Gasteiger partial charge in [0.15, 0.2) is 0 Å². The van der Waals surface area contributed by atoms with Crippen LogP contribution in [-0.4, -0.2) is 77.7 Å². The average Bonchev–Trinajstić information content (AvgIpc) is 3.38. The number of ether oxygens (including phenoxy) is 1. The van der Waals surface area contributed by atoms with Crippen LogP contribution in [0.5, 0.6) is 0 Å². The molecule has 0 spiro atoms. The highest BCUT2D eigenvalue weighted by molar-refractivity contribution is 5.78. The van der Waals surface area contributed by atoms with Crippen molar-refractivity contribution in [3.63, 3.8) is 0 Å². The number of hydrogen-bond donors (Lipinski definition) is 1. The van der Waals surface area contributed by atoms with Crippen molar-refractivity contribution in [3.8, 4) is 0 Å². The van der Waals surface area contributed by atoms with Gasteiger partial charge in [-0.25, -0.2) is 9.97 Å². The Morgan fingerprint density at radius 2 is 2.08 bits per heavy atom. The zero-order chi connectivity index (χ0) is 17.2. The van der Waals surface area contributed by atoms with Gasteiger partial charge in [0.1, 0.15) is 12.1 Å². The van der Waals surface area contributed by atoms with Crippen molar-refractivity contribution in [2.75, 3.05) is 51.3 Å². The minimum absolute atomic E-state index is 0.233. The highest BCUT2D eigenvalue weighted by atomic mass is 16.5. The monoisotopic (exact) mass is 345 g/mol. The third kappa shape index (κ3) is 4.10. The third-order valence-electron chi connectivity index (χ3n) is 5.53. The summed E-state index contributed by atoms with van der Waals surface area (Å²) in [4.78, 5) is 25.3. The van der Waals surface area contributed by atoms with Crippen molar-refractivity contribution in [3.05, 3.63) is 18.1 Å². The Balaban J connectivity index is 1.37. The molecule has 1 saturated carbocycles. The van der Waals surface area contributed by atoms with Crippen molar-refractivity contribution in [1.82, 2.24) is 19.8 Å². The number of amides is 1. The Kier molecular flexibility index (Phi) is 4.85. The molecular weight excluding hydrogens is 318 g/mol. The lowest BCUT2D eigenvalue weighted by Gasteiger charge is -2.28. The van der Waals surface area contributed by atoms with Crippen LogP contribution in [-0.2, 0) is 9.53 Å². The first-order chi connectivity index (χ1) is 12.2. The second-order valence-corrected chi connectivity index (χ2v) is 7.48. The molecule has 1 aromatic rings. The fourth-order valence-electron chi connectivity index (χ4n) is 4.02. The van der Waals surface area contributed by atoms with E-state index in [1.807, 2.05) is 17.9 Å². The van der Waals surface area contributed by atoms with Crippen molar-refractivity contribution < 1.29 is 9.53 Å². The van der Waals surface area contributed by atoms with Crippen LogP contribution >= 0.6 is 0 Å². The molecule has 2 aliphatic heterocycles. The molecule has 7 heteroatoms. The molecule has 0 radical (unpaired) electrons. The van der Waals surface area contributed by atoms with Crippen LogP contribution in [0.1, 0.15) is 18.5 Å². The normalized spacial score (nSPS) is 27.5. The number of morpholine rings is 1. The van der Waals surface area contributed by atoms with Gasteiger partial charge in [0.05, 0.1) is 19.8 Å². The van der Waals surface area contributed by atoms with Crippen molar-refractivity contribution >= 4 is 11.7 Å². The molecule has 25 heavy (non-hydrogen) atoms. The van der Waals surface area contributed by atoms with Crippen molar-refractivity contribution in [1.29, 1.82) is 0 Å². The molecule has 3 fully saturated rings. The zero-order valence-electron chi connectivity index (χ0n) is 14.9. The van der Waals surface area contributed by atoms with Gasteiger partial charge in [-0.2, -0.15) is 0 Å². The summed E-state index contributed by atoms with van der Waals surface area (Å²) in [5.74, 6) is 2.53. The summed E-state index contributed by atoms with van der Waals surface area (Å²) in [5.41, 5.74) is 0.970. The number of aryl methyl sites for hydroxylation is 1. The third-order valence-corrected chi connectivity index (χ3v) is 5.53. The summed E-state index contributed by atoms with van der Waals surface area (Å²) in [7, 11) is 0. The van der Waals surface area contributed by atoms with Gasteiger partial charge < -0.3 is 15.0 Å². The average molecular weight is 345 g/mol. The van der Waals surface area contributed by atoms with Crippen LogP contribution in [0.15, 0.2) is 12.4 Å². The zero-order valence-corrected chi connectivity index (χ0v) is 14.9. The van der Waals surface area contributed by atoms with Gasteiger partial charge in [0.2, 0.25) is 5.91 Å². The second kappa shape index (κ2) is 7.25. The maximum absolute atomic E-state index is 12.5. The van der Waals surface area contributed by atoms with E-state index in [0.29, 0.717) is 31.7 Å². The molecule has 1 amide bonds. The summed E-state index contributed by atoms with van der Waals surface area (Å²) < 4.78 is 5.34. The Bertz CT molecular complexity index is 615. The number of anilines is 1. The smallest absolute Gasteiger partial charge is 0.236 e. The number of carbonyl (C=O) groups excluding carboxylic acids is 1. The van der Waals surface area contributed by atoms with E-state index in [1.54, 1.807) is 6.33 Å². The summed E-state index contributed by atoms with van der Waals surface area (Å²) >= 11 is 0. The van der Waals surface area contributed by atoms with Crippen LogP contribution in [0, 0.1) is 18.8 Å². The molecule has 3 heterocycles. The highest BCUT2D eigenvalue weighted by Crippen LogP contribution is 2.42. The van der Waals surface area contributed by atoms with Crippen LogP contribution in [0.3, 0.4) is 0 Å². The maximum atomic E-state index is 12.5. The maximum Gasteiger partial charge on any atom is 0.236 e. The second-order valence-electron chi connectivity index (χ2n) is 7.48. The molecule has 7 nitrogen and oxygen atoms in total. The summed E-state index contributed by atoms with van der Waals surface area (Å²) in [6.45, 7) is 7.17. The fourth-order valence-corrected chi connectivity index (χ4v) is 4.02. The number of carbonyl (C=O) groups is 1. The molecule has 0 unspecified atom stereocenters. The van der Waals surface area contributed by atoms with E-state index in [-0.39, 0.29) is 5.91 Å². The minimum Gasteiger partial charge on any atom is -0.378 e. The van der Waals surface area contributed by atoms with E-state index in [0.717, 1.165) is 43.6 Å². The van der Waals surface area contributed by atoms with Gasteiger partial charge in [-0.1, -0.05) is 0 Å². The summed E-state index contributed by atoms with van der Waals surface area (Å²) in [6.07, 6.45) is 4.24. The largest absolute Gasteiger partial charge is 0.378 e.